The Morgan fingerprint density at radius 2 is 1.64 bits per heavy atom. The van der Waals surface area contributed by atoms with Crippen molar-refractivity contribution >= 4 is 18.3 Å². The molecule has 1 amide bonds. The molecule has 4 heteroatoms. The van der Waals surface area contributed by atoms with Crippen LogP contribution in [0, 0.1) is 11.8 Å². The number of nitrogens with two attached hydrogens (primary N) is 1. The predicted octanol–water partition coefficient (Wildman–Crippen LogP) is 3.68. The SMILES string of the molecule is CC(C)C(N)CCN(C)C(=O)C(c1ccccc1)C(C)C.Cl. The highest BCUT2D eigenvalue weighted by molar-refractivity contribution is 5.85. The van der Waals surface area contributed by atoms with Crippen molar-refractivity contribution in [1.29, 1.82) is 0 Å². The van der Waals surface area contributed by atoms with Crippen LogP contribution < -0.4 is 5.73 Å². The molecule has 0 aliphatic carbocycles. The Kier molecular flexibility index (Phi) is 9.38. The number of hydrogen-bond donors (Lipinski definition) is 1. The molecule has 22 heavy (non-hydrogen) atoms. The number of nitrogens with zero attached hydrogens (tertiary/aromatic N) is 1. The van der Waals surface area contributed by atoms with Crippen molar-refractivity contribution in [2.75, 3.05) is 13.6 Å². The Labute approximate surface area is 141 Å². The molecule has 0 aliphatic rings. The molecular weight excluding hydrogens is 296 g/mol. The highest BCUT2D eigenvalue weighted by atomic mass is 35.5. The first kappa shape index (κ1) is 20.9. The molecular formula is C18H31ClN2O. The topological polar surface area (TPSA) is 46.3 Å². The summed E-state index contributed by atoms with van der Waals surface area (Å²) in [5.74, 6) is 0.836. The highest BCUT2D eigenvalue weighted by Crippen LogP contribution is 2.26. The molecule has 0 aromatic heterocycles. The van der Waals surface area contributed by atoms with E-state index in [1.54, 1.807) is 0 Å². The van der Waals surface area contributed by atoms with Crippen molar-refractivity contribution in [2.24, 2.45) is 17.6 Å². The molecule has 126 valence electrons. The van der Waals surface area contributed by atoms with E-state index in [0.717, 1.165) is 12.0 Å². The van der Waals surface area contributed by atoms with Gasteiger partial charge in [-0.15, -0.1) is 12.4 Å². The average Bonchev–Trinajstić information content (AvgIpc) is 2.44. The minimum atomic E-state index is -0.0773. The maximum absolute atomic E-state index is 12.8. The van der Waals surface area contributed by atoms with Crippen LogP contribution >= 0.6 is 12.4 Å². The fourth-order valence-electron chi connectivity index (χ4n) is 2.50. The van der Waals surface area contributed by atoms with Gasteiger partial charge in [-0.2, -0.15) is 0 Å². The minimum absolute atomic E-state index is 0. The van der Waals surface area contributed by atoms with Crippen LogP contribution in [0.2, 0.25) is 0 Å². The van der Waals surface area contributed by atoms with Crippen LogP contribution in [0.5, 0.6) is 0 Å². The summed E-state index contributed by atoms with van der Waals surface area (Å²) in [7, 11) is 1.88. The molecule has 1 aromatic rings. The number of carbonyl (C=O) groups excluding carboxylic acids is 1. The highest BCUT2D eigenvalue weighted by Gasteiger charge is 2.26. The third-order valence-corrected chi connectivity index (χ3v) is 4.12. The first-order chi connectivity index (χ1) is 9.84. The van der Waals surface area contributed by atoms with Crippen LogP contribution in [0.25, 0.3) is 0 Å². The first-order valence-corrected chi connectivity index (χ1v) is 7.90. The third kappa shape index (κ3) is 5.98. The van der Waals surface area contributed by atoms with E-state index in [1.165, 1.54) is 0 Å². The number of carbonyl (C=O) groups is 1. The summed E-state index contributed by atoms with van der Waals surface area (Å²) in [5.41, 5.74) is 7.17. The summed E-state index contributed by atoms with van der Waals surface area (Å²) >= 11 is 0. The summed E-state index contributed by atoms with van der Waals surface area (Å²) < 4.78 is 0. The lowest BCUT2D eigenvalue weighted by atomic mass is 9.87. The second-order valence-electron chi connectivity index (χ2n) is 6.59. The van der Waals surface area contributed by atoms with Crippen LogP contribution in [-0.2, 0) is 4.79 Å². The molecule has 0 saturated heterocycles. The van der Waals surface area contributed by atoms with Gasteiger partial charge in [0.1, 0.15) is 0 Å². The lowest BCUT2D eigenvalue weighted by Gasteiger charge is -2.28. The van der Waals surface area contributed by atoms with Crippen LogP contribution in [0.4, 0.5) is 0 Å². The van der Waals surface area contributed by atoms with Gasteiger partial charge in [-0.3, -0.25) is 4.79 Å². The summed E-state index contributed by atoms with van der Waals surface area (Å²) in [5, 5.41) is 0. The quantitative estimate of drug-likeness (QED) is 0.830. The third-order valence-electron chi connectivity index (χ3n) is 4.12. The van der Waals surface area contributed by atoms with Crippen molar-refractivity contribution in [1.82, 2.24) is 4.90 Å². The van der Waals surface area contributed by atoms with Crippen LogP contribution in [0.15, 0.2) is 30.3 Å². The Morgan fingerprint density at radius 3 is 2.09 bits per heavy atom. The molecule has 2 atom stereocenters. The zero-order valence-corrected chi connectivity index (χ0v) is 15.3. The second-order valence-corrected chi connectivity index (χ2v) is 6.59. The smallest absolute Gasteiger partial charge is 0.230 e. The van der Waals surface area contributed by atoms with Gasteiger partial charge >= 0.3 is 0 Å². The predicted molar refractivity (Wildman–Crippen MR) is 96.3 cm³/mol. The Bertz CT molecular complexity index is 434. The molecule has 0 saturated carbocycles. The normalized spacial score (nSPS) is 13.6. The molecule has 0 bridgehead atoms. The molecule has 2 N–H and O–H groups in total. The second kappa shape index (κ2) is 9.86. The fraction of sp³-hybridized carbons (Fsp3) is 0.611. The van der Waals surface area contributed by atoms with E-state index in [1.807, 2.05) is 42.3 Å². The molecule has 0 radical (unpaired) electrons. The van der Waals surface area contributed by atoms with Crippen LogP contribution in [0.3, 0.4) is 0 Å². The van der Waals surface area contributed by atoms with Crippen molar-refractivity contribution in [3.63, 3.8) is 0 Å². The molecule has 0 fully saturated rings. The number of hydrogen-bond acceptors (Lipinski definition) is 2. The Balaban J connectivity index is 0.00000441. The first-order valence-electron chi connectivity index (χ1n) is 7.90. The van der Waals surface area contributed by atoms with E-state index in [9.17, 15) is 4.79 Å². The van der Waals surface area contributed by atoms with E-state index < -0.39 is 0 Å². The van der Waals surface area contributed by atoms with E-state index in [-0.39, 0.29) is 36.2 Å². The van der Waals surface area contributed by atoms with Crippen molar-refractivity contribution in [3.05, 3.63) is 35.9 Å². The van der Waals surface area contributed by atoms with Gasteiger partial charge in [0.2, 0.25) is 5.91 Å². The summed E-state index contributed by atoms with van der Waals surface area (Å²) in [6, 6.07) is 10.2. The average molecular weight is 327 g/mol. The molecule has 1 aromatic carbocycles. The van der Waals surface area contributed by atoms with Gasteiger partial charge in [-0.05, 0) is 23.8 Å². The summed E-state index contributed by atoms with van der Waals surface area (Å²) in [6.45, 7) is 9.15. The number of likely N-dealkylation sites (N-methyl/N-ethyl adjacent to an activating group) is 1. The van der Waals surface area contributed by atoms with Crippen molar-refractivity contribution in [2.45, 2.75) is 46.1 Å². The molecule has 3 nitrogen and oxygen atoms in total. The van der Waals surface area contributed by atoms with Gasteiger partial charge in [-0.25, -0.2) is 0 Å². The number of rotatable bonds is 7. The van der Waals surface area contributed by atoms with Gasteiger partial charge in [0.25, 0.3) is 0 Å². The van der Waals surface area contributed by atoms with Crippen molar-refractivity contribution in [3.8, 4) is 0 Å². The molecule has 1 rings (SSSR count). The molecule has 0 heterocycles. The molecule has 0 spiro atoms. The Hall–Kier alpha value is -1.06. The standard InChI is InChI=1S/C18H30N2O.ClH/c1-13(2)16(19)11-12-20(5)18(21)17(14(3)4)15-9-7-6-8-10-15;/h6-10,13-14,16-17H,11-12,19H2,1-5H3;1H. The van der Waals surface area contributed by atoms with E-state index >= 15 is 0 Å². The van der Waals surface area contributed by atoms with E-state index in [4.69, 9.17) is 5.73 Å². The van der Waals surface area contributed by atoms with Gasteiger partial charge in [0.15, 0.2) is 0 Å². The monoisotopic (exact) mass is 326 g/mol. The Morgan fingerprint density at radius 1 is 1.09 bits per heavy atom. The van der Waals surface area contributed by atoms with E-state index in [0.29, 0.717) is 12.5 Å². The maximum atomic E-state index is 12.8. The number of amides is 1. The largest absolute Gasteiger partial charge is 0.345 e. The van der Waals surface area contributed by atoms with Gasteiger partial charge in [-0.1, -0.05) is 58.0 Å². The van der Waals surface area contributed by atoms with Gasteiger partial charge in [0, 0.05) is 19.6 Å². The summed E-state index contributed by atoms with van der Waals surface area (Å²) in [4.78, 5) is 14.6. The lowest BCUT2D eigenvalue weighted by molar-refractivity contribution is -0.132. The minimum Gasteiger partial charge on any atom is -0.345 e. The fourth-order valence-corrected chi connectivity index (χ4v) is 2.50. The van der Waals surface area contributed by atoms with Crippen LogP contribution in [0.1, 0.15) is 45.6 Å². The number of halogens is 1. The maximum Gasteiger partial charge on any atom is 0.230 e. The van der Waals surface area contributed by atoms with Gasteiger partial charge in [0.05, 0.1) is 5.92 Å². The van der Waals surface area contributed by atoms with Gasteiger partial charge < -0.3 is 10.6 Å². The lowest BCUT2D eigenvalue weighted by Crippen LogP contribution is -2.38. The van der Waals surface area contributed by atoms with Crippen molar-refractivity contribution < 1.29 is 4.79 Å². The zero-order chi connectivity index (χ0) is 16.0. The van der Waals surface area contributed by atoms with E-state index in [2.05, 4.69) is 27.7 Å². The molecule has 0 aliphatic heterocycles. The van der Waals surface area contributed by atoms with Crippen LogP contribution in [-0.4, -0.2) is 30.4 Å². The summed E-state index contributed by atoms with van der Waals surface area (Å²) in [6.07, 6.45) is 0.847. The molecule has 2 unspecified atom stereocenters. The zero-order valence-electron chi connectivity index (χ0n) is 14.5. The number of benzene rings is 1.